The molecule has 0 aromatic heterocycles. The number of piperidine rings is 1. The molecule has 1 saturated heterocycles. The highest BCUT2D eigenvalue weighted by Crippen LogP contribution is 2.13. The zero-order valence-electron chi connectivity index (χ0n) is 11.6. The van der Waals surface area contributed by atoms with Crippen molar-refractivity contribution in [2.45, 2.75) is 23.5 Å². The van der Waals surface area contributed by atoms with E-state index in [9.17, 15) is 13.5 Å². The highest BCUT2D eigenvalue weighted by atomic mass is 35.5. The lowest BCUT2D eigenvalue weighted by atomic mass is 10.0. The number of hydrogen-bond acceptors (Lipinski definition) is 5. The van der Waals surface area contributed by atoms with E-state index in [-0.39, 0.29) is 36.6 Å². The molecule has 3 N–H and O–H groups in total. The Hall–Kier alpha value is -0.370. The van der Waals surface area contributed by atoms with Crippen LogP contribution in [0.2, 0.25) is 0 Å². The van der Waals surface area contributed by atoms with E-state index in [2.05, 4.69) is 0 Å². The number of aliphatic hydroxyl groups excluding tert-OH is 1. The summed E-state index contributed by atoms with van der Waals surface area (Å²) in [6.45, 7) is 1.54. The van der Waals surface area contributed by atoms with Crippen molar-refractivity contribution in [2.75, 3.05) is 25.4 Å². The van der Waals surface area contributed by atoms with Crippen molar-refractivity contribution >= 4 is 34.7 Å². The molecule has 122 valence electrons. The lowest BCUT2D eigenvalue weighted by molar-refractivity contribution is 0.0636. The molecule has 1 fully saturated rings. The largest absolute Gasteiger partial charge is 0.392 e. The first-order valence-corrected chi connectivity index (χ1v) is 8.06. The van der Waals surface area contributed by atoms with E-state index in [4.69, 9.17) is 5.73 Å². The van der Waals surface area contributed by atoms with Crippen LogP contribution in [0, 0.1) is 0 Å². The molecule has 5 nitrogen and oxygen atoms in total. The summed E-state index contributed by atoms with van der Waals surface area (Å²) < 4.78 is 24.2. The fourth-order valence-corrected chi connectivity index (χ4v) is 3.69. The number of hydrogen-bond donors (Lipinski definition) is 2. The molecule has 1 aliphatic rings. The van der Waals surface area contributed by atoms with E-state index < -0.39 is 15.9 Å². The van der Waals surface area contributed by atoms with Crippen molar-refractivity contribution in [3.05, 3.63) is 30.3 Å². The van der Waals surface area contributed by atoms with Gasteiger partial charge in [-0.15, -0.1) is 24.8 Å². The van der Waals surface area contributed by atoms with Gasteiger partial charge in [-0.1, -0.05) is 18.2 Å². The van der Waals surface area contributed by atoms with Crippen LogP contribution in [-0.4, -0.2) is 56.0 Å². The maximum atomic E-state index is 12.1. The van der Waals surface area contributed by atoms with Gasteiger partial charge < -0.3 is 10.8 Å². The summed E-state index contributed by atoms with van der Waals surface area (Å²) in [7, 11) is -3.26. The van der Waals surface area contributed by atoms with Crippen molar-refractivity contribution < 1.29 is 13.5 Å². The second-order valence-corrected chi connectivity index (χ2v) is 7.15. The van der Waals surface area contributed by atoms with Crippen LogP contribution in [0.3, 0.4) is 0 Å². The number of aliphatic hydroxyl groups is 1. The molecule has 2 rings (SSSR count). The van der Waals surface area contributed by atoms with Gasteiger partial charge in [0.05, 0.1) is 16.8 Å². The van der Waals surface area contributed by atoms with Gasteiger partial charge in [0, 0.05) is 25.7 Å². The molecule has 21 heavy (non-hydrogen) atoms. The van der Waals surface area contributed by atoms with Gasteiger partial charge in [0.15, 0.2) is 9.84 Å². The molecule has 1 aliphatic heterocycles. The van der Waals surface area contributed by atoms with Crippen molar-refractivity contribution in [1.82, 2.24) is 4.90 Å². The molecule has 0 amide bonds. The lowest BCUT2D eigenvalue weighted by Crippen LogP contribution is -2.50. The van der Waals surface area contributed by atoms with Gasteiger partial charge in [-0.2, -0.15) is 0 Å². The average Bonchev–Trinajstić information content (AvgIpc) is 2.37. The highest BCUT2D eigenvalue weighted by Gasteiger charge is 2.24. The predicted octanol–water partition coefficient (Wildman–Crippen LogP) is 0.698. The molecule has 0 saturated carbocycles. The third-order valence-electron chi connectivity index (χ3n) is 3.32. The van der Waals surface area contributed by atoms with Crippen LogP contribution in [0.25, 0.3) is 0 Å². The third kappa shape index (κ3) is 6.10. The molecule has 0 radical (unpaired) electrons. The quantitative estimate of drug-likeness (QED) is 0.829. The Morgan fingerprint density at radius 1 is 1.19 bits per heavy atom. The first-order chi connectivity index (χ1) is 8.97. The Balaban J connectivity index is 0.00000200. The van der Waals surface area contributed by atoms with Gasteiger partial charge in [0.2, 0.25) is 0 Å². The summed E-state index contributed by atoms with van der Waals surface area (Å²) in [5.41, 5.74) is 5.81. The van der Waals surface area contributed by atoms with Crippen LogP contribution in [0.15, 0.2) is 35.2 Å². The smallest absolute Gasteiger partial charge is 0.179 e. The molecule has 2 atom stereocenters. The van der Waals surface area contributed by atoms with E-state index in [1.165, 1.54) is 0 Å². The third-order valence-corrected chi connectivity index (χ3v) is 5.03. The Bertz CT molecular complexity index is 503. The standard InChI is InChI=1S/C13H20N2O3S.2ClH/c14-11-8-12(16)10-15(9-11)6-7-19(17,18)13-4-2-1-3-5-13;;/h1-5,11-12,16H,6-10,14H2;2*1H/t11-,12+;;/m0../s1. The number of benzene rings is 1. The molecule has 1 aromatic carbocycles. The number of β-amino-alcohol motifs (C(OH)–C–C–N with tert-alkyl or cyclic N) is 1. The predicted molar refractivity (Wildman–Crippen MR) is 88.0 cm³/mol. The van der Waals surface area contributed by atoms with Crippen molar-refractivity contribution in [3.63, 3.8) is 0 Å². The van der Waals surface area contributed by atoms with Gasteiger partial charge in [-0.05, 0) is 18.6 Å². The Kier molecular flexibility index (Phi) is 8.77. The molecular weight excluding hydrogens is 335 g/mol. The molecule has 0 unspecified atom stereocenters. The molecule has 8 heteroatoms. The van der Waals surface area contributed by atoms with Crippen LogP contribution in [0.5, 0.6) is 0 Å². The van der Waals surface area contributed by atoms with Gasteiger partial charge >= 0.3 is 0 Å². The summed E-state index contributed by atoms with van der Waals surface area (Å²) in [4.78, 5) is 2.26. The van der Waals surface area contributed by atoms with E-state index in [0.717, 1.165) is 0 Å². The van der Waals surface area contributed by atoms with Crippen molar-refractivity contribution in [3.8, 4) is 0 Å². The molecule has 0 spiro atoms. The molecule has 1 heterocycles. The second kappa shape index (κ2) is 8.92. The minimum absolute atomic E-state index is 0. The zero-order valence-corrected chi connectivity index (χ0v) is 14.0. The minimum atomic E-state index is -3.26. The Labute approximate surface area is 138 Å². The summed E-state index contributed by atoms with van der Waals surface area (Å²) in [6.07, 6.45) is 0.130. The second-order valence-electron chi connectivity index (χ2n) is 5.04. The van der Waals surface area contributed by atoms with Gasteiger partial charge in [0.1, 0.15) is 0 Å². The van der Waals surface area contributed by atoms with E-state index in [1.54, 1.807) is 30.3 Å². The van der Waals surface area contributed by atoms with Crippen LogP contribution >= 0.6 is 24.8 Å². The molecule has 1 aromatic rings. The average molecular weight is 357 g/mol. The molecule has 0 bridgehead atoms. The molecule has 0 aliphatic carbocycles. The summed E-state index contributed by atoms with van der Waals surface area (Å²) in [5.74, 6) is 0.0520. The van der Waals surface area contributed by atoms with Crippen molar-refractivity contribution in [2.24, 2.45) is 5.73 Å². The minimum Gasteiger partial charge on any atom is -0.392 e. The van der Waals surface area contributed by atoms with Crippen LogP contribution < -0.4 is 5.73 Å². The van der Waals surface area contributed by atoms with Gasteiger partial charge in [-0.3, -0.25) is 4.90 Å². The fraction of sp³-hybridized carbons (Fsp3) is 0.538. The number of nitrogens with zero attached hydrogens (tertiary/aromatic N) is 1. The summed E-state index contributed by atoms with van der Waals surface area (Å²) in [5, 5.41) is 9.63. The summed E-state index contributed by atoms with van der Waals surface area (Å²) >= 11 is 0. The van der Waals surface area contributed by atoms with E-state index >= 15 is 0 Å². The van der Waals surface area contributed by atoms with E-state index in [1.807, 2.05) is 4.90 Å². The monoisotopic (exact) mass is 356 g/mol. The first kappa shape index (κ1) is 20.6. The van der Waals surface area contributed by atoms with Crippen LogP contribution in [0.1, 0.15) is 6.42 Å². The lowest BCUT2D eigenvalue weighted by Gasteiger charge is -2.33. The highest BCUT2D eigenvalue weighted by molar-refractivity contribution is 7.91. The van der Waals surface area contributed by atoms with Crippen LogP contribution in [-0.2, 0) is 9.84 Å². The topological polar surface area (TPSA) is 83.6 Å². The maximum Gasteiger partial charge on any atom is 0.179 e. The number of rotatable bonds is 4. The van der Waals surface area contributed by atoms with E-state index in [0.29, 0.717) is 31.0 Å². The summed E-state index contributed by atoms with van der Waals surface area (Å²) in [6, 6.07) is 8.35. The Morgan fingerprint density at radius 2 is 1.81 bits per heavy atom. The normalized spacial score (nSPS) is 23.0. The zero-order chi connectivity index (χ0) is 13.9. The molecular formula is C13H22Cl2N2O3S. The number of halogens is 2. The Morgan fingerprint density at radius 3 is 2.38 bits per heavy atom. The maximum absolute atomic E-state index is 12.1. The number of likely N-dealkylation sites (tertiary alicyclic amines) is 1. The SMILES string of the molecule is Cl.Cl.N[C@H]1C[C@@H](O)CN(CCS(=O)(=O)c2ccccc2)C1. The first-order valence-electron chi connectivity index (χ1n) is 6.41. The number of nitrogens with two attached hydrogens (primary N) is 1. The number of sulfone groups is 1. The van der Waals surface area contributed by atoms with Crippen LogP contribution in [0.4, 0.5) is 0 Å². The van der Waals surface area contributed by atoms with Gasteiger partial charge in [-0.25, -0.2) is 8.42 Å². The van der Waals surface area contributed by atoms with Crippen molar-refractivity contribution in [1.29, 1.82) is 0 Å². The fourth-order valence-electron chi connectivity index (χ4n) is 2.38. The van der Waals surface area contributed by atoms with Gasteiger partial charge in [0.25, 0.3) is 0 Å².